The molecule has 1 aromatic heterocycles. The first-order valence-corrected chi connectivity index (χ1v) is 9.54. The quantitative estimate of drug-likeness (QED) is 0.778. The van der Waals surface area contributed by atoms with Gasteiger partial charge in [0.25, 0.3) is 0 Å². The van der Waals surface area contributed by atoms with Crippen molar-refractivity contribution < 1.29 is 9.53 Å². The van der Waals surface area contributed by atoms with Crippen molar-refractivity contribution >= 4 is 28.9 Å². The highest BCUT2D eigenvalue weighted by Gasteiger charge is 2.21. The Morgan fingerprint density at radius 2 is 1.67 bits per heavy atom. The van der Waals surface area contributed by atoms with E-state index in [1.807, 2.05) is 18.2 Å². The topological polar surface area (TPSA) is 79.4 Å². The zero-order valence-electron chi connectivity index (χ0n) is 15.9. The minimum atomic E-state index is -0.0136. The maximum Gasteiger partial charge on any atom is 0.228 e. The van der Waals surface area contributed by atoms with Crippen LogP contribution >= 0.6 is 0 Å². The van der Waals surface area contributed by atoms with Gasteiger partial charge in [-0.05, 0) is 63.1 Å². The number of ether oxygens (including phenoxy) is 1. The van der Waals surface area contributed by atoms with Crippen LogP contribution in [0.4, 0.5) is 23.0 Å². The Kier molecular flexibility index (Phi) is 6.59. The molecule has 2 heterocycles. The van der Waals surface area contributed by atoms with Crippen molar-refractivity contribution in [3.8, 4) is 0 Å². The molecule has 1 aliphatic rings. The molecule has 0 atom stereocenters. The van der Waals surface area contributed by atoms with Gasteiger partial charge in [-0.1, -0.05) is 0 Å². The first-order chi connectivity index (χ1) is 13.2. The van der Waals surface area contributed by atoms with Crippen molar-refractivity contribution in [3.63, 3.8) is 0 Å². The minimum Gasteiger partial charge on any atom is -0.381 e. The standard InChI is InChI=1S/C20H27N5O2/c1-3-25(4-2)17-7-5-16(6-8-17)21-18-9-10-19(24-23-18)22-20(26)15-11-13-27-14-12-15/h5-10,15H,3-4,11-14H2,1-2H3,(H,21,23)(H,22,24,26). The smallest absolute Gasteiger partial charge is 0.228 e. The number of carbonyl (C=O) groups is 1. The zero-order valence-corrected chi connectivity index (χ0v) is 15.9. The lowest BCUT2D eigenvalue weighted by Crippen LogP contribution is -2.28. The molecule has 0 unspecified atom stereocenters. The van der Waals surface area contributed by atoms with Gasteiger partial charge < -0.3 is 20.3 Å². The molecule has 1 aliphatic heterocycles. The van der Waals surface area contributed by atoms with Crippen molar-refractivity contribution in [2.24, 2.45) is 5.92 Å². The van der Waals surface area contributed by atoms with Gasteiger partial charge in [0, 0.05) is 43.6 Å². The van der Waals surface area contributed by atoms with Crippen LogP contribution in [-0.2, 0) is 9.53 Å². The van der Waals surface area contributed by atoms with E-state index in [4.69, 9.17) is 4.74 Å². The molecule has 1 fully saturated rings. The number of nitrogens with one attached hydrogen (secondary N) is 2. The van der Waals surface area contributed by atoms with E-state index in [0.29, 0.717) is 24.8 Å². The Morgan fingerprint density at radius 3 is 2.26 bits per heavy atom. The highest BCUT2D eigenvalue weighted by molar-refractivity contribution is 5.91. The summed E-state index contributed by atoms with van der Waals surface area (Å²) in [6, 6.07) is 11.8. The number of aromatic nitrogens is 2. The molecule has 0 radical (unpaired) electrons. The highest BCUT2D eigenvalue weighted by Crippen LogP contribution is 2.21. The van der Waals surface area contributed by atoms with Gasteiger partial charge in [-0.25, -0.2) is 0 Å². The first kappa shape index (κ1) is 19.1. The Labute approximate surface area is 160 Å². The third kappa shape index (κ3) is 5.17. The highest BCUT2D eigenvalue weighted by atomic mass is 16.5. The predicted octanol–water partition coefficient (Wildman–Crippen LogP) is 3.43. The minimum absolute atomic E-state index is 0.0114. The largest absolute Gasteiger partial charge is 0.381 e. The van der Waals surface area contributed by atoms with Crippen LogP contribution in [0.5, 0.6) is 0 Å². The molecule has 0 bridgehead atoms. The molecular weight excluding hydrogens is 342 g/mol. The maximum absolute atomic E-state index is 12.2. The van der Waals surface area contributed by atoms with Crippen LogP contribution in [0.2, 0.25) is 0 Å². The number of anilines is 4. The van der Waals surface area contributed by atoms with Crippen LogP contribution in [0.1, 0.15) is 26.7 Å². The van der Waals surface area contributed by atoms with E-state index >= 15 is 0 Å². The SMILES string of the molecule is CCN(CC)c1ccc(Nc2ccc(NC(=O)C3CCOCC3)nn2)cc1. The van der Waals surface area contributed by atoms with Gasteiger partial charge in [0.15, 0.2) is 11.6 Å². The lowest BCUT2D eigenvalue weighted by molar-refractivity contribution is -0.122. The number of hydrogen-bond acceptors (Lipinski definition) is 6. The maximum atomic E-state index is 12.2. The van der Waals surface area contributed by atoms with Crippen molar-refractivity contribution in [2.45, 2.75) is 26.7 Å². The van der Waals surface area contributed by atoms with E-state index in [2.05, 4.69) is 51.7 Å². The van der Waals surface area contributed by atoms with Crippen molar-refractivity contribution in [1.82, 2.24) is 10.2 Å². The predicted molar refractivity (Wildman–Crippen MR) is 107 cm³/mol. The van der Waals surface area contributed by atoms with Crippen LogP contribution < -0.4 is 15.5 Å². The van der Waals surface area contributed by atoms with Gasteiger partial charge in [-0.15, -0.1) is 10.2 Å². The van der Waals surface area contributed by atoms with Gasteiger partial charge in [0.1, 0.15) is 0 Å². The number of benzene rings is 1. The number of amides is 1. The van der Waals surface area contributed by atoms with Crippen LogP contribution in [0.15, 0.2) is 36.4 Å². The van der Waals surface area contributed by atoms with E-state index < -0.39 is 0 Å². The summed E-state index contributed by atoms with van der Waals surface area (Å²) in [6.07, 6.45) is 1.50. The normalized spacial score (nSPS) is 14.6. The second-order valence-corrected chi connectivity index (χ2v) is 6.52. The summed E-state index contributed by atoms with van der Waals surface area (Å²) in [7, 11) is 0. The summed E-state index contributed by atoms with van der Waals surface area (Å²) in [5, 5.41) is 14.3. The van der Waals surface area contributed by atoms with E-state index in [1.54, 1.807) is 6.07 Å². The second kappa shape index (κ2) is 9.32. The van der Waals surface area contributed by atoms with Gasteiger partial charge in [0.05, 0.1) is 0 Å². The van der Waals surface area contributed by atoms with Crippen molar-refractivity contribution in [1.29, 1.82) is 0 Å². The molecule has 2 aromatic rings. The monoisotopic (exact) mass is 369 g/mol. The molecule has 0 spiro atoms. The van der Waals surface area contributed by atoms with E-state index in [9.17, 15) is 4.79 Å². The summed E-state index contributed by atoms with van der Waals surface area (Å²) in [5.74, 6) is 1.08. The Bertz CT molecular complexity index is 723. The van der Waals surface area contributed by atoms with Crippen molar-refractivity contribution in [3.05, 3.63) is 36.4 Å². The van der Waals surface area contributed by atoms with E-state index in [0.717, 1.165) is 31.6 Å². The number of nitrogens with zero attached hydrogens (tertiary/aromatic N) is 3. The molecule has 1 saturated heterocycles. The summed E-state index contributed by atoms with van der Waals surface area (Å²) < 4.78 is 5.29. The van der Waals surface area contributed by atoms with Crippen LogP contribution in [0, 0.1) is 5.92 Å². The van der Waals surface area contributed by atoms with E-state index in [-0.39, 0.29) is 11.8 Å². The molecule has 7 heteroatoms. The van der Waals surface area contributed by atoms with Gasteiger partial charge >= 0.3 is 0 Å². The van der Waals surface area contributed by atoms with Gasteiger partial charge in [0.2, 0.25) is 5.91 Å². The molecule has 27 heavy (non-hydrogen) atoms. The number of hydrogen-bond donors (Lipinski definition) is 2. The van der Waals surface area contributed by atoms with Crippen molar-refractivity contribution in [2.75, 3.05) is 41.8 Å². The molecule has 1 amide bonds. The fraction of sp³-hybridized carbons (Fsp3) is 0.450. The Morgan fingerprint density at radius 1 is 1.04 bits per heavy atom. The molecule has 144 valence electrons. The van der Waals surface area contributed by atoms with Gasteiger partial charge in [-0.3, -0.25) is 4.79 Å². The summed E-state index contributed by atoms with van der Waals surface area (Å²) in [5.41, 5.74) is 2.14. The number of rotatable bonds is 7. The first-order valence-electron chi connectivity index (χ1n) is 9.54. The summed E-state index contributed by atoms with van der Waals surface area (Å²) in [4.78, 5) is 14.5. The molecule has 0 aliphatic carbocycles. The zero-order chi connectivity index (χ0) is 19.1. The fourth-order valence-corrected chi connectivity index (χ4v) is 3.15. The average Bonchev–Trinajstić information content (AvgIpc) is 2.72. The van der Waals surface area contributed by atoms with Crippen LogP contribution in [0.25, 0.3) is 0 Å². The third-order valence-corrected chi connectivity index (χ3v) is 4.78. The Balaban J connectivity index is 1.56. The molecular formula is C20H27N5O2. The Hall–Kier alpha value is -2.67. The van der Waals surface area contributed by atoms with E-state index in [1.165, 1.54) is 5.69 Å². The molecule has 3 rings (SSSR count). The summed E-state index contributed by atoms with van der Waals surface area (Å²) in [6.45, 7) is 7.53. The fourth-order valence-electron chi connectivity index (χ4n) is 3.15. The van der Waals surface area contributed by atoms with Crippen LogP contribution in [-0.4, -0.2) is 42.4 Å². The molecule has 1 aromatic carbocycles. The average molecular weight is 369 g/mol. The molecule has 2 N–H and O–H groups in total. The molecule has 0 saturated carbocycles. The third-order valence-electron chi connectivity index (χ3n) is 4.78. The lowest BCUT2D eigenvalue weighted by Gasteiger charge is -2.21. The lowest BCUT2D eigenvalue weighted by atomic mass is 9.99. The van der Waals surface area contributed by atoms with Crippen LogP contribution in [0.3, 0.4) is 0 Å². The molecule has 7 nitrogen and oxygen atoms in total. The van der Waals surface area contributed by atoms with Gasteiger partial charge in [-0.2, -0.15) is 0 Å². The number of carbonyl (C=O) groups excluding carboxylic acids is 1. The second-order valence-electron chi connectivity index (χ2n) is 6.52. The summed E-state index contributed by atoms with van der Waals surface area (Å²) >= 11 is 0.